The lowest BCUT2D eigenvalue weighted by atomic mass is 10.3. The van der Waals surface area contributed by atoms with E-state index in [0.29, 0.717) is 6.54 Å². The maximum absolute atomic E-state index is 8.55. The third-order valence-electron chi connectivity index (χ3n) is 2.36. The normalized spacial score (nSPS) is 18.1. The van der Waals surface area contributed by atoms with Gasteiger partial charge in [-0.3, -0.25) is 4.90 Å². The predicted octanol–water partition coefficient (Wildman–Crippen LogP) is 0.789. The maximum Gasteiger partial charge on any atom is 0.185 e. The number of hydrogen-bond acceptors (Lipinski definition) is 5. The fourth-order valence-corrected chi connectivity index (χ4v) is 2.27. The Hall–Kier alpha value is -1.12. The van der Waals surface area contributed by atoms with E-state index < -0.39 is 0 Å². The van der Waals surface area contributed by atoms with Crippen LogP contribution in [0.15, 0.2) is 11.6 Å². The summed E-state index contributed by atoms with van der Waals surface area (Å²) in [6, 6.07) is 2.18. The number of piperazine rings is 1. The molecule has 0 radical (unpaired) electrons. The first-order valence-corrected chi connectivity index (χ1v) is 5.52. The molecule has 4 nitrogen and oxygen atoms in total. The zero-order valence-electron chi connectivity index (χ0n) is 7.89. The first-order chi connectivity index (χ1) is 6.90. The summed E-state index contributed by atoms with van der Waals surface area (Å²) in [5.74, 6) is 0. The van der Waals surface area contributed by atoms with Gasteiger partial charge in [-0.1, -0.05) is 0 Å². The maximum atomic E-state index is 8.55. The zero-order chi connectivity index (χ0) is 9.80. The summed E-state index contributed by atoms with van der Waals surface area (Å²) in [5, 5.41) is 11.6. The SMILES string of the molecule is N#CCN1CCN(c2nccs2)CC1. The molecule has 1 fully saturated rings. The van der Waals surface area contributed by atoms with Crippen LogP contribution in [-0.4, -0.2) is 42.6 Å². The second kappa shape index (κ2) is 4.40. The van der Waals surface area contributed by atoms with Crippen molar-refractivity contribution in [3.05, 3.63) is 11.6 Å². The van der Waals surface area contributed by atoms with Gasteiger partial charge in [0.25, 0.3) is 0 Å². The van der Waals surface area contributed by atoms with Crippen molar-refractivity contribution in [2.75, 3.05) is 37.6 Å². The van der Waals surface area contributed by atoms with E-state index in [1.165, 1.54) is 0 Å². The number of rotatable bonds is 2. The van der Waals surface area contributed by atoms with Gasteiger partial charge in [0.2, 0.25) is 0 Å². The Kier molecular flexibility index (Phi) is 2.96. The molecule has 0 aromatic carbocycles. The third-order valence-corrected chi connectivity index (χ3v) is 3.19. The van der Waals surface area contributed by atoms with E-state index in [1.807, 2.05) is 11.6 Å². The van der Waals surface area contributed by atoms with Crippen molar-refractivity contribution in [1.29, 1.82) is 5.26 Å². The fourth-order valence-electron chi connectivity index (χ4n) is 1.57. The van der Waals surface area contributed by atoms with Gasteiger partial charge in [0.1, 0.15) is 0 Å². The van der Waals surface area contributed by atoms with Crippen molar-refractivity contribution in [2.24, 2.45) is 0 Å². The lowest BCUT2D eigenvalue weighted by Gasteiger charge is -2.33. The molecule has 5 heteroatoms. The molecule has 0 amide bonds. The van der Waals surface area contributed by atoms with Gasteiger partial charge < -0.3 is 4.90 Å². The first-order valence-electron chi connectivity index (χ1n) is 4.64. The van der Waals surface area contributed by atoms with Crippen LogP contribution in [0, 0.1) is 11.3 Å². The predicted molar refractivity (Wildman–Crippen MR) is 56.4 cm³/mol. The largest absolute Gasteiger partial charge is 0.346 e. The Morgan fingerprint density at radius 1 is 1.43 bits per heavy atom. The second-order valence-corrected chi connectivity index (χ2v) is 4.11. The van der Waals surface area contributed by atoms with Crippen LogP contribution in [-0.2, 0) is 0 Å². The number of nitrogens with zero attached hydrogens (tertiary/aromatic N) is 4. The lowest BCUT2D eigenvalue weighted by molar-refractivity contribution is 0.287. The molecule has 1 aromatic rings. The average Bonchev–Trinajstić information content (AvgIpc) is 2.72. The van der Waals surface area contributed by atoms with Crippen molar-refractivity contribution in [3.63, 3.8) is 0 Å². The first kappa shape index (κ1) is 9.44. The molecule has 0 spiro atoms. The molecule has 1 saturated heterocycles. The molecule has 1 aliphatic heterocycles. The van der Waals surface area contributed by atoms with Gasteiger partial charge in [-0.15, -0.1) is 11.3 Å². The van der Waals surface area contributed by atoms with Gasteiger partial charge in [-0.25, -0.2) is 4.98 Å². The lowest BCUT2D eigenvalue weighted by Crippen LogP contribution is -2.46. The number of hydrogen-bond donors (Lipinski definition) is 0. The van der Waals surface area contributed by atoms with Crippen LogP contribution in [0.1, 0.15) is 0 Å². The summed E-state index contributed by atoms with van der Waals surface area (Å²) in [5.41, 5.74) is 0. The van der Waals surface area contributed by atoms with E-state index in [-0.39, 0.29) is 0 Å². The highest BCUT2D eigenvalue weighted by Gasteiger charge is 2.17. The molecule has 0 aliphatic carbocycles. The van der Waals surface area contributed by atoms with Crippen molar-refractivity contribution >= 4 is 16.5 Å². The van der Waals surface area contributed by atoms with E-state index in [1.54, 1.807) is 11.3 Å². The van der Waals surface area contributed by atoms with Crippen LogP contribution in [0.25, 0.3) is 0 Å². The molecule has 1 aromatic heterocycles. The van der Waals surface area contributed by atoms with Gasteiger partial charge >= 0.3 is 0 Å². The summed E-state index contributed by atoms with van der Waals surface area (Å²) in [6.45, 7) is 4.44. The Balaban J connectivity index is 1.88. The minimum atomic E-state index is 0.547. The molecule has 0 atom stereocenters. The van der Waals surface area contributed by atoms with E-state index >= 15 is 0 Å². The fraction of sp³-hybridized carbons (Fsp3) is 0.556. The molecule has 2 rings (SSSR count). The molecule has 0 N–H and O–H groups in total. The van der Waals surface area contributed by atoms with Crippen LogP contribution in [0.3, 0.4) is 0 Å². The highest BCUT2D eigenvalue weighted by atomic mass is 32.1. The summed E-state index contributed by atoms with van der Waals surface area (Å²) in [4.78, 5) is 8.72. The quantitative estimate of drug-likeness (QED) is 0.674. The highest BCUT2D eigenvalue weighted by Crippen LogP contribution is 2.18. The van der Waals surface area contributed by atoms with Gasteiger partial charge in [0.15, 0.2) is 5.13 Å². The molecule has 14 heavy (non-hydrogen) atoms. The average molecular weight is 208 g/mol. The minimum absolute atomic E-state index is 0.547. The smallest absolute Gasteiger partial charge is 0.185 e. The van der Waals surface area contributed by atoms with Crippen LogP contribution >= 0.6 is 11.3 Å². The summed E-state index contributed by atoms with van der Waals surface area (Å²) >= 11 is 1.68. The topological polar surface area (TPSA) is 43.2 Å². The monoisotopic (exact) mass is 208 g/mol. The standard InChI is InChI=1S/C9H12N4S/c10-1-3-12-4-6-13(7-5-12)9-11-2-8-14-9/h2,8H,3-7H2. The van der Waals surface area contributed by atoms with E-state index in [9.17, 15) is 0 Å². The van der Waals surface area contributed by atoms with Crippen LogP contribution in [0.4, 0.5) is 5.13 Å². The molecular formula is C9H12N4S. The van der Waals surface area contributed by atoms with Crippen LogP contribution < -0.4 is 4.90 Å². The molecule has 0 bridgehead atoms. The van der Waals surface area contributed by atoms with Crippen molar-refractivity contribution in [3.8, 4) is 6.07 Å². The zero-order valence-corrected chi connectivity index (χ0v) is 8.70. The Morgan fingerprint density at radius 2 is 2.21 bits per heavy atom. The Labute approximate surface area is 87.4 Å². The third kappa shape index (κ3) is 2.03. The molecule has 0 saturated carbocycles. The molecule has 1 aliphatic rings. The van der Waals surface area contributed by atoms with Gasteiger partial charge in [-0.05, 0) is 0 Å². The van der Waals surface area contributed by atoms with Crippen molar-refractivity contribution in [1.82, 2.24) is 9.88 Å². The molecular weight excluding hydrogens is 196 g/mol. The van der Waals surface area contributed by atoms with E-state index in [2.05, 4.69) is 20.9 Å². The van der Waals surface area contributed by atoms with Crippen molar-refractivity contribution < 1.29 is 0 Å². The molecule has 0 unspecified atom stereocenters. The number of anilines is 1. The Bertz CT molecular complexity index is 308. The van der Waals surface area contributed by atoms with Crippen LogP contribution in [0.2, 0.25) is 0 Å². The van der Waals surface area contributed by atoms with Gasteiger partial charge in [-0.2, -0.15) is 5.26 Å². The van der Waals surface area contributed by atoms with E-state index in [0.717, 1.165) is 31.3 Å². The Morgan fingerprint density at radius 3 is 2.79 bits per heavy atom. The number of aromatic nitrogens is 1. The van der Waals surface area contributed by atoms with Gasteiger partial charge in [0, 0.05) is 37.8 Å². The van der Waals surface area contributed by atoms with Crippen molar-refractivity contribution in [2.45, 2.75) is 0 Å². The summed E-state index contributed by atoms with van der Waals surface area (Å²) in [6.07, 6.45) is 1.83. The number of nitriles is 1. The summed E-state index contributed by atoms with van der Waals surface area (Å²) in [7, 11) is 0. The van der Waals surface area contributed by atoms with E-state index in [4.69, 9.17) is 5.26 Å². The molecule has 74 valence electrons. The number of thiazole rings is 1. The molecule has 2 heterocycles. The van der Waals surface area contributed by atoms with Gasteiger partial charge in [0.05, 0.1) is 12.6 Å². The second-order valence-electron chi connectivity index (χ2n) is 3.24. The summed E-state index contributed by atoms with van der Waals surface area (Å²) < 4.78 is 0. The van der Waals surface area contributed by atoms with Crippen LogP contribution in [0.5, 0.6) is 0 Å². The minimum Gasteiger partial charge on any atom is -0.346 e. The highest BCUT2D eigenvalue weighted by molar-refractivity contribution is 7.13.